The molecule has 25 heavy (non-hydrogen) atoms. The standard InChI is InChI=1S/C8H10N.C7H8N.6CH3.2Sn/c1-9(2)8-6-4-3-5-7-8;1-6-4-2-3-5-7(6)8;;;;;;;;/h4-7H,1-2H3;2,4-5H,8H2,1H3;6*1H3;;. The van der Waals surface area contributed by atoms with Crippen molar-refractivity contribution in [2.45, 2.75) is 36.6 Å². The van der Waals surface area contributed by atoms with Gasteiger partial charge in [-0.15, -0.1) is 0 Å². The molecule has 0 amide bonds. The van der Waals surface area contributed by atoms with E-state index in [4.69, 9.17) is 5.73 Å². The summed E-state index contributed by atoms with van der Waals surface area (Å²) < 4.78 is 3.10. The molecule has 0 bridgehead atoms. The summed E-state index contributed by atoms with van der Waals surface area (Å²) in [7, 11) is 4.16. The summed E-state index contributed by atoms with van der Waals surface area (Å²) in [6, 6.07) is 15.6. The van der Waals surface area contributed by atoms with Gasteiger partial charge in [-0.1, -0.05) is 0 Å². The van der Waals surface area contributed by atoms with Gasteiger partial charge in [0.1, 0.15) is 0 Å². The summed E-state index contributed by atoms with van der Waals surface area (Å²) in [5.41, 5.74) is 9.27. The molecule has 2 rings (SSSR count). The molecular weight excluding hydrogens is 518 g/mol. The number of rotatable bonds is 3. The van der Waals surface area contributed by atoms with E-state index in [9.17, 15) is 0 Å². The molecule has 0 aliphatic carbocycles. The van der Waals surface area contributed by atoms with Crippen molar-refractivity contribution in [2.75, 3.05) is 24.7 Å². The van der Waals surface area contributed by atoms with Gasteiger partial charge in [-0.05, 0) is 0 Å². The van der Waals surface area contributed by atoms with E-state index in [1.165, 1.54) is 14.8 Å². The molecule has 4 heteroatoms. The van der Waals surface area contributed by atoms with Crippen LogP contribution in [0.2, 0.25) is 29.6 Å². The monoisotopic (exact) mass is 556 g/mol. The molecule has 0 aromatic heterocycles. The van der Waals surface area contributed by atoms with Crippen LogP contribution < -0.4 is 17.8 Å². The quantitative estimate of drug-likeness (QED) is 0.450. The van der Waals surface area contributed by atoms with E-state index in [1.54, 1.807) is 3.58 Å². The van der Waals surface area contributed by atoms with E-state index >= 15 is 0 Å². The first kappa shape index (κ1) is 22.7. The fourth-order valence-electron chi connectivity index (χ4n) is 2.37. The Morgan fingerprint density at radius 1 is 0.720 bits per heavy atom. The molecule has 0 aliphatic heterocycles. The van der Waals surface area contributed by atoms with Crippen molar-refractivity contribution < 1.29 is 0 Å². The summed E-state index contributed by atoms with van der Waals surface area (Å²) >= 11 is -3.67. The molecule has 0 saturated carbocycles. The molecular formula is C21H36N2Sn2. The number of benzene rings is 2. The summed E-state index contributed by atoms with van der Waals surface area (Å²) in [5.74, 6) is 0. The van der Waals surface area contributed by atoms with Crippen LogP contribution in [-0.2, 0) is 0 Å². The molecule has 0 atom stereocenters. The number of anilines is 2. The Morgan fingerprint density at radius 2 is 1.16 bits per heavy atom. The Hall–Kier alpha value is -0.363. The first-order valence-corrected chi connectivity index (χ1v) is 28.9. The Bertz CT molecular complexity index is 679. The Morgan fingerprint density at radius 3 is 1.52 bits per heavy atom. The average Bonchev–Trinajstić information content (AvgIpc) is 2.49. The SMILES string of the molecule is CN(C)c1cc[c]([Sn]([CH3])([CH3])[CH3])cc1.Cc1cc[c]([Sn]([CH3])([CH3])[CH3])cc1N. The van der Waals surface area contributed by atoms with Gasteiger partial charge in [0.15, 0.2) is 0 Å². The molecule has 0 radical (unpaired) electrons. The van der Waals surface area contributed by atoms with Gasteiger partial charge in [0.25, 0.3) is 0 Å². The first-order chi connectivity index (χ1) is 11.3. The number of aryl methyl sites for hydroxylation is 1. The van der Waals surface area contributed by atoms with Crippen LogP contribution in [-0.4, -0.2) is 50.8 Å². The van der Waals surface area contributed by atoms with Crippen molar-refractivity contribution >= 4 is 55.3 Å². The van der Waals surface area contributed by atoms with Crippen LogP contribution in [0.4, 0.5) is 11.4 Å². The first-order valence-electron chi connectivity index (χ1n) is 8.97. The second-order valence-electron chi connectivity index (χ2n) is 9.01. The van der Waals surface area contributed by atoms with Crippen molar-refractivity contribution in [3.05, 3.63) is 48.0 Å². The van der Waals surface area contributed by atoms with E-state index in [0.29, 0.717) is 0 Å². The summed E-state index contributed by atoms with van der Waals surface area (Å²) in [4.78, 5) is 16.7. The minimum absolute atomic E-state index is 0.944. The second kappa shape index (κ2) is 9.02. The van der Waals surface area contributed by atoms with Crippen molar-refractivity contribution in [1.82, 2.24) is 0 Å². The van der Waals surface area contributed by atoms with Crippen LogP contribution in [0.1, 0.15) is 5.56 Å². The van der Waals surface area contributed by atoms with Crippen LogP contribution in [0, 0.1) is 6.92 Å². The van der Waals surface area contributed by atoms with Gasteiger partial charge in [0.05, 0.1) is 0 Å². The van der Waals surface area contributed by atoms with E-state index in [2.05, 4.69) is 98.0 Å². The molecule has 2 N–H and O–H groups in total. The molecule has 0 heterocycles. The predicted molar refractivity (Wildman–Crippen MR) is 122 cm³/mol. The van der Waals surface area contributed by atoms with Crippen molar-refractivity contribution in [1.29, 1.82) is 0 Å². The average molecular weight is 554 g/mol. The molecule has 0 unspecified atom stereocenters. The van der Waals surface area contributed by atoms with Crippen molar-refractivity contribution in [3.8, 4) is 0 Å². The van der Waals surface area contributed by atoms with Gasteiger partial charge >= 0.3 is 165 Å². The molecule has 0 saturated heterocycles. The molecule has 0 aliphatic rings. The molecule has 2 nitrogen and oxygen atoms in total. The second-order valence-corrected chi connectivity index (χ2v) is 38.0. The third-order valence-electron chi connectivity index (χ3n) is 4.39. The normalized spacial score (nSPS) is 11.6. The molecule has 0 fully saturated rings. The minimum atomic E-state index is -1.87. The van der Waals surface area contributed by atoms with Crippen LogP contribution in [0.5, 0.6) is 0 Å². The van der Waals surface area contributed by atoms with E-state index in [-0.39, 0.29) is 0 Å². The van der Waals surface area contributed by atoms with Crippen LogP contribution in [0.3, 0.4) is 0 Å². The number of hydrogen-bond donors (Lipinski definition) is 1. The molecule has 2 aromatic carbocycles. The Labute approximate surface area is 163 Å². The number of nitrogens with two attached hydrogens (primary N) is 1. The van der Waals surface area contributed by atoms with Crippen molar-refractivity contribution in [3.63, 3.8) is 0 Å². The summed E-state index contributed by atoms with van der Waals surface area (Å²) in [6.45, 7) is 2.05. The number of hydrogen-bond acceptors (Lipinski definition) is 2. The van der Waals surface area contributed by atoms with Crippen molar-refractivity contribution in [2.24, 2.45) is 0 Å². The van der Waals surface area contributed by atoms with E-state index in [1.807, 2.05) is 0 Å². The number of nitrogen functional groups attached to an aromatic ring is 1. The molecule has 138 valence electrons. The van der Waals surface area contributed by atoms with Crippen LogP contribution >= 0.6 is 0 Å². The number of nitrogens with zero attached hydrogens (tertiary/aromatic N) is 1. The third-order valence-corrected chi connectivity index (χ3v) is 16.1. The fraction of sp³-hybridized carbons (Fsp3) is 0.429. The van der Waals surface area contributed by atoms with Crippen LogP contribution in [0.15, 0.2) is 42.5 Å². The molecule has 0 spiro atoms. The predicted octanol–water partition coefficient (Wildman–Crippen LogP) is 4.42. The summed E-state index contributed by atoms with van der Waals surface area (Å²) in [6.07, 6.45) is 0. The zero-order valence-corrected chi connectivity index (χ0v) is 23.3. The summed E-state index contributed by atoms with van der Waals surface area (Å²) in [5, 5.41) is 0. The van der Waals surface area contributed by atoms with Gasteiger partial charge in [-0.2, -0.15) is 0 Å². The maximum absolute atomic E-state index is 5.85. The van der Waals surface area contributed by atoms with Gasteiger partial charge < -0.3 is 0 Å². The Kier molecular flexibility index (Phi) is 8.19. The van der Waals surface area contributed by atoms with E-state index in [0.717, 1.165) is 5.69 Å². The maximum atomic E-state index is 5.85. The third kappa shape index (κ3) is 7.41. The van der Waals surface area contributed by atoms with Gasteiger partial charge in [-0.3, -0.25) is 0 Å². The van der Waals surface area contributed by atoms with Gasteiger partial charge in [0.2, 0.25) is 0 Å². The fourth-order valence-corrected chi connectivity index (χ4v) is 9.04. The van der Waals surface area contributed by atoms with Crippen LogP contribution in [0.25, 0.3) is 0 Å². The Balaban J connectivity index is 0.000000251. The zero-order valence-electron chi connectivity index (χ0n) is 17.6. The van der Waals surface area contributed by atoms with Gasteiger partial charge in [-0.25, -0.2) is 0 Å². The topological polar surface area (TPSA) is 29.3 Å². The van der Waals surface area contributed by atoms with Gasteiger partial charge in [0, 0.05) is 0 Å². The zero-order chi connectivity index (χ0) is 19.4. The van der Waals surface area contributed by atoms with E-state index < -0.39 is 36.8 Å². The molecule has 2 aromatic rings.